The van der Waals surface area contributed by atoms with Crippen molar-refractivity contribution < 1.29 is 22.7 Å². The lowest BCUT2D eigenvalue weighted by Gasteiger charge is -2.20. The number of nitrogens with zero attached hydrogens (tertiary/aromatic N) is 2. The molecule has 8 nitrogen and oxygen atoms in total. The van der Waals surface area contributed by atoms with Gasteiger partial charge in [-0.2, -0.15) is 8.42 Å². The lowest BCUT2D eigenvalue weighted by atomic mass is 9.86. The summed E-state index contributed by atoms with van der Waals surface area (Å²) in [4.78, 5) is 33.4. The van der Waals surface area contributed by atoms with Crippen LogP contribution in [0.5, 0.6) is 11.6 Å². The average molecular weight is 520 g/mol. The summed E-state index contributed by atoms with van der Waals surface area (Å²) in [5.74, 6) is -0.170. The zero-order valence-corrected chi connectivity index (χ0v) is 22.1. The van der Waals surface area contributed by atoms with Crippen LogP contribution in [0.1, 0.15) is 58.9 Å². The van der Waals surface area contributed by atoms with Gasteiger partial charge in [0.05, 0.1) is 5.69 Å². The number of nitrogens with one attached hydrogen (secondary N) is 1. The van der Waals surface area contributed by atoms with Gasteiger partial charge in [-0.25, -0.2) is 14.7 Å². The van der Waals surface area contributed by atoms with Gasteiger partial charge < -0.3 is 4.74 Å². The minimum Gasteiger partial charge on any atom is -0.438 e. The highest BCUT2D eigenvalue weighted by atomic mass is 32.2. The first-order chi connectivity index (χ1) is 17.5. The number of carbonyl (C=O) groups is 2. The molecule has 0 fully saturated rings. The normalized spacial score (nSPS) is 15.6. The number of aromatic nitrogens is 2. The Labute approximate surface area is 216 Å². The van der Waals surface area contributed by atoms with Crippen molar-refractivity contribution >= 4 is 27.3 Å². The lowest BCUT2D eigenvalue weighted by Crippen LogP contribution is -2.31. The summed E-state index contributed by atoms with van der Waals surface area (Å²) in [6.07, 6.45) is 5.35. The van der Waals surface area contributed by atoms with Crippen LogP contribution in [0.15, 0.2) is 59.8 Å². The molecule has 1 unspecified atom stereocenters. The van der Waals surface area contributed by atoms with E-state index in [2.05, 4.69) is 14.7 Å². The molecule has 0 spiro atoms. The number of amides is 1. The van der Waals surface area contributed by atoms with Gasteiger partial charge in [-0.3, -0.25) is 9.59 Å². The van der Waals surface area contributed by atoms with Crippen molar-refractivity contribution in [3.8, 4) is 11.6 Å². The molecule has 3 aromatic rings. The maximum Gasteiger partial charge on any atom is 0.281 e. The molecule has 2 aromatic heterocycles. The zero-order valence-electron chi connectivity index (χ0n) is 21.2. The number of hydrogen-bond acceptors (Lipinski definition) is 7. The van der Waals surface area contributed by atoms with Crippen molar-refractivity contribution in [1.29, 1.82) is 0 Å². The number of ether oxygens (including phenoxy) is 1. The Balaban J connectivity index is 1.73. The van der Waals surface area contributed by atoms with E-state index < -0.39 is 15.9 Å². The summed E-state index contributed by atoms with van der Waals surface area (Å²) in [5.41, 5.74) is 4.32. The molecule has 0 saturated heterocycles. The number of pyridine rings is 2. The van der Waals surface area contributed by atoms with Crippen LogP contribution in [0.3, 0.4) is 0 Å². The minimum absolute atomic E-state index is 0.000758. The van der Waals surface area contributed by atoms with Crippen LogP contribution in [-0.4, -0.2) is 30.1 Å². The molecule has 0 saturated carbocycles. The molecule has 0 radical (unpaired) electrons. The van der Waals surface area contributed by atoms with Gasteiger partial charge in [0.15, 0.2) is 5.03 Å². The number of allylic oxidation sites excluding steroid dienone is 2. The van der Waals surface area contributed by atoms with Crippen LogP contribution in [0.4, 0.5) is 0 Å². The molecule has 1 amide bonds. The number of rotatable bonds is 7. The third kappa shape index (κ3) is 5.94. The van der Waals surface area contributed by atoms with Gasteiger partial charge in [0, 0.05) is 12.1 Å². The summed E-state index contributed by atoms with van der Waals surface area (Å²) in [6.45, 7) is 7.38. The first-order valence-electron chi connectivity index (χ1n) is 12.0. The van der Waals surface area contributed by atoms with E-state index in [9.17, 15) is 18.0 Å². The number of aryl methyl sites for hydroxylation is 3. The molecule has 1 aliphatic carbocycles. The fraction of sp³-hybridized carbons (Fsp3) is 0.286. The molecule has 2 heterocycles. The molecular formula is C28H29N3O5S. The fourth-order valence-corrected chi connectivity index (χ4v) is 5.38. The topological polar surface area (TPSA) is 115 Å². The fourth-order valence-electron chi connectivity index (χ4n) is 4.47. The van der Waals surface area contributed by atoms with Gasteiger partial charge in [-0.15, -0.1) is 0 Å². The van der Waals surface area contributed by atoms with E-state index in [0.29, 0.717) is 24.3 Å². The van der Waals surface area contributed by atoms with Gasteiger partial charge >= 0.3 is 0 Å². The molecule has 192 valence electrons. The van der Waals surface area contributed by atoms with Gasteiger partial charge in [0.2, 0.25) is 5.88 Å². The molecule has 1 atom stereocenters. The van der Waals surface area contributed by atoms with Crippen LogP contribution in [0.2, 0.25) is 0 Å². The minimum atomic E-state index is -4.20. The zero-order chi connectivity index (χ0) is 26.7. The molecule has 9 heteroatoms. The van der Waals surface area contributed by atoms with E-state index in [0.717, 1.165) is 28.7 Å². The van der Waals surface area contributed by atoms with Crippen molar-refractivity contribution in [3.63, 3.8) is 0 Å². The van der Waals surface area contributed by atoms with Crippen molar-refractivity contribution in [1.82, 2.24) is 14.7 Å². The Morgan fingerprint density at radius 1 is 1.05 bits per heavy atom. The Morgan fingerprint density at radius 2 is 1.78 bits per heavy atom. The summed E-state index contributed by atoms with van der Waals surface area (Å²) in [6, 6.07) is 11.5. The second-order valence-corrected chi connectivity index (χ2v) is 10.9. The van der Waals surface area contributed by atoms with Gasteiger partial charge in [0.25, 0.3) is 15.9 Å². The van der Waals surface area contributed by atoms with E-state index >= 15 is 0 Å². The number of sulfonamides is 1. The lowest BCUT2D eigenvalue weighted by molar-refractivity contribution is -0.120. The Bertz CT molecular complexity index is 1470. The third-order valence-corrected chi connectivity index (χ3v) is 7.61. The molecule has 0 bridgehead atoms. The Kier molecular flexibility index (Phi) is 7.54. The summed E-state index contributed by atoms with van der Waals surface area (Å²) in [5, 5.41) is -0.270. The van der Waals surface area contributed by atoms with Crippen LogP contribution < -0.4 is 9.46 Å². The molecule has 37 heavy (non-hydrogen) atoms. The van der Waals surface area contributed by atoms with Crippen molar-refractivity contribution in [3.05, 3.63) is 82.7 Å². The van der Waals surface area contributed by atoms with Crippen molar-refractivity contribution in [2.45, 2.75) is 52.0 Å². The first-order valence-corrected chi connectivity index (χ1v) is 13.5. The summed E-state index contributed by atoms with van der Waals surface area (Å²) >= 11 is 0. The largest absolute Gasteiger partial charge is 0.438 e. The highest BCUT2D eigenvalue weighted by molar-refractivity contribution is 7.90. The standard InChI is InChI=1S/C28H29N3O5S/c1-17-15-18(2)26(19(3)16-17)36-28-23(27(33)31-37(34,35)25-7-5-6-14-29-25)12-13-24(30-28)22-10-8-21(9-11-22)20(4)32/h5-7,10,12-16,21H,8-9,11H2,1-4H3,(H,31,33). The smallest absolute Gasteiger partial charge is 0.281 e. The second-order valence-electron chi connectivity index (χ2n) is 9.29. The molecular weight excluding hydrogens is 490 g/mol. The highest BCUT2D eigenvalue weighted by Crippen LogP contribution is 2.34. The number of hydrogen-bond donors (Lipinski definition) is 1. The number of benzene rings is 1. The first kappa shape index (κ1) is 26.2. The Morgan fingerprint density at radius 3 is 2.38 bits per heavy atom. The molecule has 1 N–H and O–H groups in total. The van der Waals surface area contributed by atoms with E-state index in [1.54, 1.807) is 19.1 Å². The molecule has 1 aliphatic rings. The maximum absolute atomic E-state index is 13.2. The maximum atomic E-state index is 13.2. The molecule has 1 aromatic carbocycles. The van der Waals surface area contributed by atoms with E-state index in [1.807, 2.05) is 39.0 Å². The second kappa shape index (κ2) is 10.6. The SMILES string of the molecule is CC(=O)C1CC=C(c2ccc(C(=O)NS(=O)(=O)c3ccccn3)c(Oc3c(C)cc(C)cc3C)n2)CC1. The number of carbonyl (C=O) groups excluding carboxylic acids is 2. The van der Waals surface area contributed by atoms with E-state index in [4.69, 9.17) is 4.74 Å². The van der Waals surface area contributed by atoms with Gasteiger partial charge in [-0.1, -0.05) is 29.8 Å². The van der Waals surface area contributed by atoms with Crippen LogP contribution in [-0.2, 0) is 14.8 Å². The third-order valence-electron chi connectivity index (χ3n) is 6.36. The van der Waals surface area contributed by atoms with Gasteiger partial charge in [0.1, 0.15) is 17.1 Å². The molecule has 4 rings (SSSR count). The highest BCUT2D eigenvalue weighted by Gasteiger charge is 2.26. The van der Waals surface area contributed by atoms with Crippen molar-refractivity contribution in [2.24, 2.45) is 5.92 Å². The summed E-state index contributed by atoms with van der Waals surface area (Å²) < 4.78 is 33.7. The predicted octanol–water partition coefficient (Wildman–Crippen LogP) is 5.09. The van der Waals surface area contributed by atoms with Crippen LogP contribution in [0.25, 0.3) is 5.57 Å². The predicted molar refractivity (Wildman–Crippen MR) is 140 cm³/mol. The molecule has 0 aliphatic heterocycles. The quantitative estimate of drug-likeness (QED) is 0.462. The Hall–Kier alpha value is -3.85. The number of Topliss-reactive ketones (excluding diaryl/α,β-unsaturated/α-hetero) is 1. The van der Waals surface area contributed by atoms with Crippen molar-refractivity contribution in [2.75, 3.05) is 0 Å². The van der Waals surface area contributed by atoms with E-state index in [1.165, 1.54) is 24.4 Å². The van der Waals surface area contributed by atoms with Gasteiger partial charge in [-0.05, 0) is 87.9 Å². The monoisotopic (exact) mass is 519 g/mol. The van der Waals surface area contributed by atoms with Crippen LogP contribution in [0, 0.1) is 26.7 Å². The number of ketones is 1. The van der Waals surface area contributed by atoms with E-state index in [-0.39, 0.29) is 28.2 Å². The summed E-state index contributed by atoms with van der Waals surface area (Å²) in [7, 11) is -4.20. The van der Waals surface area contributed by atoms with Crippen LogP contribution >= 0.6 is 0 Å². The average Bonchev–Trinajstić information content (AvgIpc) is 2.86.